The Labute approximate surface area is 158 Å². The van der Waals surface area contributed by atoms with E-state index in [4.69, 9.17) is 27.9 Å². The fourth-order valence-corrected chi connectivity index (χ4v) is 6.24. The first kappa shape index (κ1) is 18.0. The van der Waals surface area contributed by atoms with Crippen molar-refractivity contribution in [3.8, 4) is 5.75 Å². The third kappa shape index (κ3) is 4.84. The zero-order chi connectivity index (χ0) is 17.7. The summed E-state index contributed by atoms with van der Waals surface area (Å²) in [4.78, 5) is 0. The van der Waals surface area contributed by atoms with Gasteiger partial charge >= 0.3 is 0 Å². The number of rotatable bonds is 7. The number of nitrogens with one attached hydrogen (secondary N) is 1. The van der Waals surface area contributed by atoms with E-state index in [1.807, 2.05) is 42.6 Å². The molecule has 3 aromatic rings. The molecule has 130 valence electrons. The van der Waals surface area contributed by atoms with Crippen LogP contribution in [0.5, 0.6) is 5.75 Å². The highest BCUT2D eigenvalue weighted by Gasteiger charge is 2.31. The zero-order valence-electron chi connectivity index (χ0n) is 13.9. The molecule has 0 aliphatic carbocycles. The molecule has 0 bridgehead atoms. The van der Waals surface area contributed by atoms with Gasteiger partial charge in [-0.15, -0.1) is 5.10 Å². The monoisotopic (exact) mass is 391 g/mol. The molecule has 0 radical (unpaired) electrons. The number of benzene rings is 2. The highest BCUT2D eigenvalue weighted by atomic mass is 35.5. The lowest BCUT2D eigenvalue weighted by molar-refractivity contribution is 0.338. The van der Waals surface area contributed by atoms with Crippen LogP contribution in [0, 0.1) is 0 Å². The Bertz CT molecular complexity index is 794. The predicted molar refractivity (Wildman–Crippen MR) is 105 cm³/mol. The van der Waals surface area contributed by atoms with E-state index in [0.717, 1.165) is 28.6 Å². The first-order chi connectivity index (χ1) is 12.0. The number of ether oxygens (including phenoxy) is 1. The average molecular weight is 392 g/mol. The number of aromatic nitrogens is 3. The van der Waals surface area contributed by atoms with E-state index in [0.29, 0.717) is 11.6 Å². The third-order valence-electron chi connectivity index (χ3n) is 4.32. The van der Waals surface area contributed by atoms with Crippen LogP contribution >= 0.6 is 23.2 Å². The first-order valence-corrected chi connectivity index (χ1v) is 11.7. The first-order valence-electron chi connectivity index (χ1n) is 8.05. The zero-order valence-corrected chi connectivity index (χ0v) is 16.4. The van der Waals surface area contributed by atoms with E-state index in [2.05, 4.69) is 34.1 Å². The van der Waals surface area contributed by atoms with Gasteiger partial charge < -0.3 is 4.74 Å². The third-order valence-corrected chi connectivity index (χ3v) is 9.00. The summed E-state index contributed by atoms with van der Waals surface area (Å²) in [6.07, 6.45) is 1.86. The standard InChI is InChI=1S/C18H19Cl2N3OSi/c1-25(13-16-12-21-23-22-16,18-8-4-15(20)5-9-18)11-10-24-17-6-2-14(19)3-7-17/h2-9,12H,10-11,13H2,1H3,(H,21,22,23). The molecule has 25 heavy (non-hydrogen) atoms. The van der Waals surface area contributed by atoms with Crippen molar-refractivity contribution in [1.29, 1.82) is 0 Å². The van der Waals surface area contributed by atoms with Crippen LogP contribution in [-0.4, -0.2) is 30.1 Å². The van der Waals surface area contributed by atoms with Crippen molar-refractivity contribution in [3.05, 3.63) is 70.5 Å². The van der Waals surface area contributed by atoms with E-state index in [-0.39, 0.29) is 0 Å². The molecule has 2 aromatic carbocycles. The summed E-state index contributed by atoms with van der Waals surface area (Å²) < 4.78 is 5.93. The van der Waals surface area contributed by atoms with Gasteiger partial charge in [0.2, 0.25) is 0 Å². The van der Waals surface area contributed by atoms with Gasteiger partial charge in [-0.1, -0.05) is 52.3 Å². The maximum atomic E-state index is 6.05. The molecule has 0 amide bonds. The van der Waals surface area contributed by atoms with Gasteiger partial charge in [-0.2, -0.15) is 0 Å². The highest BCUT2D eigenvalue weighted by molar-refractivity contribution is 6.90. The van der Waals surface area contributed by atoms with Crippen LogP contribution in [0.3, 0.4) is 0 Å². The van der Waals surface area contributed by atoms with Crippen molar-refractivity contribution < 1.29 is 4.74 Å². The minimum absolute atomic E-state index is 0.644. The van der Waals surface area contributed by atoms with E-state index < -0.39 is 8.07 Å². The van der Waals surface area contributed by atoms with Crippen molar-refractivity contribution in [2.75, 3.05) is 6.61 Å². The minimum Gasteiger partial charge on any atom is -0.494 e. The molecule has 1 atom stereocenters. The molecule has 1 aromatic heterocycles. The van der Waals surface area contributed by atoms with Crippen LogP contribution in [0.1, 0.15) is 5.69 Å². The molecule has 1 unspecified atom stereocenters. The second-order valence-electron chi connectivity index (χ2n) is 6.26. The van der Waals surface area contributed by atoms with Crippen molar-refractivity contribution in [2.24, 2.45) is 0 Å². The Morgan fingerprint density at radius 2 is 1.64 bits per heavy atom. The number of hydrogen-bond donors (Lipinski definition) is 1. The highest BCUT2D eigenvalue weighted by Crippen LogP contribution is 2.20. The Hall–Kier alpha value is -1.82. The van der Waals surface area contributed by atoms with Crippen molar-refractivity contribution >= 4 is 36.5 Å². The van der Waals surface area contributed by atoms with Crippen LogP contribution in [-0.2, 0) is 6.04 Å². The summed E-state index contributed by atoms with van der Waals surface area (Å²) in [6.45, 7) is 2.99. The molecule has 0 fully saturated rings. The van der Waals surface area contributed by atoms with E-state index in [1.54, 1.807) is 0 Å². The quantitative estimate of drug-likeness (QED) is 0.612. The molecular weight excluding hydrogens is 373 g/mol. The number of H-pyrrole nitrogens is 1. The summed E-state index contributed by atoms with van der Waals surface area (Å²) in [5, 5.41) is 13.6. The van der Waals surface area contributed by atoms with Gasteiger partial charge in [0, 0.05) is 16.2 Å². The summed E-state index contributed by atoms with van der Waals surface area (Å²) in [6, 6.07) is 17.5. The van der Waals surface area contributed by atoms with Gasteiger partial charge in [-0.05, 0) is 48.5 Å². The maximum absolute atomic E-state index is 6.05. The Morgan fingerprint density at radius 3 is 2.24 bits per heavy atom. The maximum Gasteiger partial charge on any atom is 0.119 e. The minimum atomic E-state index is -1.85. The van der Waals surface area contributed by atoms with Crippen molar-refractivity contribution in [1.82, 2.24) is 15.4 Å². The van der Waals surface area contributed by atoms with Crippen LogP contribution in [0.4, 0.5) is 0 Å². The Kier molecular flexibility index (Phi) is 5.78. The normalized spacial score (nSPS) is 13.4. The molecule has 1 N–H and O–H groups in total. The largest absolute Gasteiger partial charge is 0.494 e. The predicted octanol–water partition coefficient (Wildman–Crippen LogP) is 4.26. The van der Waals surface area contributed by atoms with Gasteiger partial charge in [-0.3, -0.25) is 5.10 Å². The van der Waals surface area contributed by atoms with E-state index in [9.17, 15) is 0 Å². The average Bonchev–Trinajstić information content (AvgIpc) is 3.10. The Balaban J connectivity index is 1.73. The second-order valence-corrected chi connectivity index (χ2v) is 11.7. The summed E-state index contributed by atoms with van der Waals surface area (Å²) in [5.74, 6) is 0.832. The van der Waals surface area contributed by atoms with E-state index in [1.165, 1.54) is 5.19 Å². The molecule has 0 aliphatic heterocycles. The molecule has 7 heteroatoms. The van der Waals surface area contributed by atoms with Gasteiger partial charge in [0.15, 0.2) is 0 Å². The molecule has 0 spiro atoms. The van der Waals surface area contributed by atoms with Crippen molar-refractivity contribution in [2.45, 2.75) is 18.6 Å². The van der Waals surface area contributed by atoms with Gasteiger partial charge in [0.1, 0.15) is 5.75 Å². The number of hydrogen-bond acceptors (Lipinski definition) is 3. The van der Waals surface area contributed by atoms with Gasteiger partial charge in [0.25, 0.3) is 0 Å². The molecule has 4 nitrogen and oxygen atoms in total. The molecule has 0 saturated carbocycles. The SMILES string of the molecule is C[Si](CCOc1ccc(Cl)cc1)(Cc1c[nH]nn1)c1ccc(Cl)cc1. The lowest BCUT2D eigenvalue weighted by Crippen LogP contribution is -2.48. The Morgan fingerprint density at radius 1 is 1.00 bits per heavy atom. The molecular formula is C18H19Cl2N3OSi. The summed E-state index contributed by atoms with van der Waals surface area (Å²) in [5.41, 5.74) is 0.982. The molecule has 1 heterocycles. The summed E-state index contributed by atoms with van der Waals surface area (Å²) >= 11 is 12.0. The van der Waals surface area contributed by atoms with Crippen LogP contribution in [0.2, 0.25) is 22.6 Å². The molecule has 3 rings (SSSR count). The van der Waals surface area contributed by atoms with Crippen LogP contribution in [0.15, 0.2) is 54.7 Å². The topological polar surface area (TPSA) is 50.8 Å². The fourth-order valence-electron chi connectivity index (χ4n) is 2.82. The lowest BCUT2D eigenvalue weighted by Gasteiger charge is -2.27. The van der Waals surface area contributed by atoms with Crippen LogP contribution in [0.25, 0.3) is 0 Å². The summed E-state index contributed by atoms with van der Waals surface area (Å²) in [7, 11) is -1.85. The fraction of sp³-hybridized carbons (Fsp3) is 0.222. The van der Waals surface area contributed by atoms with Gasteiger partial charge in [-0.25, -0.2) is 0 Å². The smallest absolute Gasteiger partial charge is 0.119 e. The second kappa shape index (κ2) is 8.04. The number of halogens is 2. The number of nitrogens with zero attached hydrogens (tertiary/aromatic N) is 2. The van der Waals surface area contributed by atoms with Gasteiger partial charge in [0.05, 0.1) is 20.4 Å². The van der Waals surface area contributed by atoms with E-state index >= 15 is 0 Å². The van der Waals surface area contributed by atoms with Crippen molar-refractivity contribution in [3.63, 3.8) is 0 Å². The van der Waals surface area contributed by atoms with Crippen LogP contribution < -0.4 is 9.92 Å². The molecule has 0 saturated heterocycles. The number of aromatic amines is 1. The molecule has 0 aliphatic rings. The lowest BCUT2D eigenvalue weighted by atomic mass is 10.3.